The highest BCUT2D eigenvalue weighted by atomic mass is 35.5. The Bertz CT molecular complexity index is 319. The average molecular weight is 275 g/mol. The van der Waals surface area contributed by atoms with Crippen LogP contribution in [0.4, 0.5) is 0 Å². The van der Waals surface area contributed by atoms with Gasteiger partial charge in [-0.3, -0.25) is 4.79 Å². The number of carbonyl (C=O) groups excluding carboxylic acids is 1. The lowest BCUT2D eigenvalue weighted by Gasteiger charge is -2.39. The normalized spacial score (nSPS) is 36.2. The van der Waals surface area contributed by atoms with E-state index in [4.69, 9.17) is 0 Å². The van der Waals surface area contributed by atoms with Crippen LogP contribution < -0.4 is 10.6 Å². The molecule has 18 heavy (non-hydrogen) atoms. The van der Waals surface area contributed by atoms with Crippen molar-refractivity contribution in [2.45, 2.75) is 52.5 Å². The summed E-state index contributed by atoms with van der Waals surface area (Å²) in [7, 11) is 1.88. The Kier molecular flexibility index (Phi) is 4.71. The fraction of sp³-hybridized carbons (Fsp3) is 0.929. The van der Waals surface area contributed by atoms with Crippen molar-refractivity contribution in [2.24, 2.45) is 16.7 Å². The zero-order valence-corrected chi connectivity index (χ0v) is 12.8. The summed E-state index contributed by atoms with van der Waals surface area (Å²) < 4.78 is 0. The van der Waals surface area contributed by atoms with Crippen molar-refractivity contribution in [2.75, 3.05) is 13.6 Å². The zero-order chi connectivity index (χ0) is 12.7. The summed E-state index contributed by atoms with van der Waals surface area (Å²) in [6, 6.07) is 0.389. The molecule has 2 saturated carbocycles. The summed E-state index contributed by atoms with van der Waals surface area (Å²) in [4.78, 5) is 11.8. The fourth-order valence-corrected chi connectivity index (χ4v) is 3.93. The number of amides is 1. The second-order valence-electron chi connectivity index (χ2n) is 6.58. The van der Waals surface area contributed by atoms with E-state index in [-0.39, 0.29) is 18.3 Å². The SMILES string of the molecule is CNCCC(=O)NC1CC2CCC1(C)C2(C)C.Cl. The van der Waals surface area contributed by atoms with Gasteiger partial charge in [-0.25, -0.2) is 0 Å². The molecule has 0 heterocycles. The molecule has 3 atom stereocenters. The number of hydrogen-bond acceptors (Lipinski definition) is 2. The summed E-state index contributed by atoms with van der Waals surface area (Å²) in [5.41, 5.74) is 0.681. The van der Waals surface area contributed by atoms with Crippen molar-refractivity contribution < 1.29 is 4.79 Å². The first-order valence-corrected chi connectivity index (χ1v) is 6.86. The smallest absolute Gasteiger partial charge is 0.221 e. The first-order chi connectivity index (χ1) is 7.91. The number of halogens is 1. The van der Waals surface area contributed by atoms with Crippen molar-refractivity contribution in [1.29, 1.82) is 0 Å². The highest BCUT2D eigenvalue weighted by Gasteiger charge is 2.61. The number of fused-ring (bicyclic) bond motifs is 2. The van der Waals surface area contributed by atoms with E-state index in [1.165, 1.54) is 19.3 Å². The van der Waals surface area contributed by atoms with Gasteiger partial charge >= 0.3 is 0 Å². The molecule has 0 radical (unpaired) electrons. The number of rotatable bonds is 4. The van der Waals surface area contributed by atoms with Gasteiger partial charge in [-0.1, -0.05) is 20.8 Å². The van der Waals surface area contributed by atoms with Crippen molar-refractivity contribution in [3.05, 3.63) is 0 Å². The fourth-order valence-electron chi connectivity index (χ4n) is 3.93. The molecule has 0 aliphatic heterocycles. The van der Waals surface area contributed by atoms with Crippen LogP contribution in [0.15, 0.2) is 0 Å². The van der Waals surface area contributed by atoms with Crippen LogP contribution in [0.1, 0.15) is 46.5 Å². The number of nitrogens with one attached hydrogen (secondary N) is 2. The van der Waals surface area contributed by atoms with E-state index in [2.05, 4.69) is 31.4 Å². The Balaban J connectivity index is 0.00000162. The Hall–Kier alpha value is -0.280. The minimum atomic E-state index is 0. The first kappa shape index (κ1) is 15.8. The van der Waals surface area contributed by atoms with E-state index in [1.54, 1.807) is 0 Å². The van der Waals surface area contributed by atoms with Gasteiger partial charge in [0, 0.05) is 19.0 Å². The van der Waals surface area contributed by atoms with E-state index < -0.39 is 0 Å². The molecule has 3 nitrogen and oxygen atoms in total. The second kappa shape index (κ2) is 5.38. The van der Waals surface area contributed by atoms with Gasteiger partial charge in [-0.15, -0.1) is 12.4 Å². The lowest BCUT2D eigenvalue weighted by atomic mass is 9.69. The maximum atomic E-state index is 11.8. The largest absolute Gasteiger partial charge is 0.353 e. The minimum absolute atomic E-state index is 0. The Labute approximate surface area is 117 Å². The summed E-state index contributed by atoms with van der Waals surface area (Å²) in [5, 5.41) is 6.28. The van der Waals surface area contributed by atoms with Gasteiger partial charge in [-0.05, 0) is 43.1 Å². The van der Waals surface area contributed by atoms with Gasteiger partial charge in [-0.2, -0.15) is 0 Å². The first-order valence-electron chi connectivity index (χ1n) is 6.86. The van der Waals surface area contributed by atoms with Crippen molar-refractivity contribution in [3.63, 3.8) is 0 Å². The zero-order valence-electron chi connectivity index (χ0n) is 12.0. The number of hydrogen-bond donors (Lipinski definition) is 2. The van der Waals surface area contributed by atoms with Gasteiger partial charge in [0.05, 0.1) is 0 Å². The molecule has 2 bridgehead atoms. The molecule has 2 aliphatic rings. The van der Waals surface area contributed by atoms with Crippen molar-refractivity contribution >= 4 is 18.3 Å². The molecule has 2 aliphatic carbocycles. The standard InChI is InChI=1S/C14H26N2O.ClH/c1-13(2)10-5-7-14(13,3)11(9-10)16-12(17)6-8-15-4;/h10-11,15H,5-9H2,1-4H3,(H,16,17);1H. The van der Waals surface area contributed by atoms with Crippen LogP contribution in [-0.4, -0.2) is 25.5 Å². The van der Waals surface area contributed by atoms with Gasteiger partial charge in [0.15, 0.2) is 0 Å². The molecular weight excluding hydrogens is 248 g/mol. The summed E-state index contributed by atoms with van der Waals surface area (Å²) in [5.74, 6) is 0.996. The lowest BCUT2D eigenvalue weighted by molar-refractivity contribution is -0.122. The summed E-state index contributed by atoms with van der Waals surface area (Å²) in [6.45, 7) is 7.89. The molecule has 0 saturated heterocycles. The third-order valence-corrected chi connectivity index (χ3v) is 5.73. The molecule has 2 N–H and O–H groups in total. The topological polar surface area (TPSA) is 41.1 Å². The Morgan fingerprint density at radius 3 is 2.44 bits per heavy atom. The van der Waals surface area contributed by atoms with Crippen molar-refractivity contribution in [3.8, 4) is 0 Å². The monoisotopic (exact) mass is 274 g/mol. The summed E-state index contributed by atoms with van der Waals surface area (Å²) >= 11 is 0. The van der Waals surface area contributed by atoms with Gasteiger partial charge in [0.1, 0.15) is 0 Å². The van der Waals surface area contributed by atoms with E-state index in [9.17, 15) is 4.79 Å². The third kappa shape index (κ3) is 2.27. The molecule has 106 valence electrons. The summed E-state index contributed by atoms with van der Waals surface area (Å²) in [6.07, 6.45) is 4.37. The lowest BCUT2D eigenvalue weighted by Crippen LogP contribution is -2.47. The predicted octanol–water partition coefficient (Wildman–Crippen LogP) is 2.35. The van der Waals surface area contributed by atoms with Gasteiger partial charge < -0.3 is 10.6 Å². The minimum Gasteiger partial charge on any atom is -0.353 e. The van der Waals surface area contributed by atoms with Crippen LogP contribution >= 0.6 is 12.4 Å². The molecule has 0 aromatic heterocycles. The highest BCUT2D eigenvalue weighted by Crippen LogP contribution is 2.65. The van der Waals surface area contributed by atoms with Gasteiger partial charge in [0.25, 0.3) is 0 Å². The van der Waals surface area contributed by atoms with Crippen molar-refractivity contribution in [1.82, 2.24) is 10.6 Å². The van der Waals surface area contributed by atoms with Crippen LogP contribution in [0.5, 0.6) is 0 Å². The van der Waals surface area contributed by atoms with Crippen LogP contribution in [0.2, 0.25) is 0 Å². The Morgan fingerprint density at radius 2 is 2.00 bits per heavy atom. The maximum Gasteiger partial charge on any atom is 0.221 e. The molecular formula is C14H27ClN2O. The predicted molar refractivity (Wildman–Crippen MR) is 77.0 cm³/mol. The Morgan fingerprint density at radius 1 is 1.33 bits per heavy atom. The maximum absolute atomic E-state index is 11.8. The molecule has 1 amide bonds. The third-order valence-electron chi connectivity index (χ3n) is 5.73. The second-order valence-corrected chi connectivity index (χ2v) is 6.58. The van der Waals surface area contributed by atoms with E-state index in [0.717, 1.165) is 12.5 Å². The van der Waals surface area contributed by atoms with Crippen LogP contribution in [0.25, 0.3) is 0 Å². The van der Waals surface area contributed by atoms with Crippen LogP contribution in [-0.2, 0) is 4.79 Å². The molecule has 2 fully saturated rings. The molecule has 0 aromatic rings. The molecule has 4 heteroatoms. The van der Waals surface area contributed by atoms with E-state index in [0.29, 0.717) is 23.3 Å². The quantitative estimate of drug-likeness (QED) is 0.826. The van der Waals surface area contributed by atoms with Gasteiger partial charge in [0.2, 0.25) is 5.91 Å². The molecule has 0 aromatic carbocycles. The van der Waals surface area contributed by atoms with E-state index in [1.807, 2.05) is 7.05 Å². The number of carbonyl (C=O) groups is 1. The molecule has 0 spiro atoms. The highest BCUT2D eigenvalue weighted by molar-refractivity contribution is 5.85. The van der Waals surface area contributed by atoms with Crippen LogP contribution in [0, 0.1) is 16.7 Å². The van der Waals surface area contributed by atoms with Crippen LogP contribution in [0.3, 0.4) is 0 Å². The average Bonchev–Trinajstić information content (AvgIpc) is 2.59. The van der Waals surface area contributed by atoms with E-state index >= 15 is 0 Å². The molecule has 3 unspecified atom stereocenters. The molecule has 2 rings (SSSR count).